The number of esters is 2. The van der Waals surface area contributed by atoms with Gasteiger partial charge in [0.1, 0.15) is 18.3 Å². The second kappa shape index (κ2) is 43.5. The summed E-state index contributed by atoms with van der Waals surface area (Å²) in [5.74, 6) is -0.931. The summed E-state index contributed by atoms with van der Waals surface area (Å²) in [7, 11) is 0. The Kier molecular flexibility index (Phi) is 37.1. The van der Waals surface area contributed by atoms with E-state index in [1.54, 1.807) is 0 Å². The van der Waals surface area contributed by atoms with Crippen LogP contribution in [0.5, 0.6) is 0 Å². The van der Waals surface area contributed by atoms with Gasteiger partial charge in [0.2, 0.25) is 0 Å². The van der Waals surface area contributed by atoms with Crippen LogP contribution in [0.1, 0.15) is 269 Å². The number of hydrogen-bond donors (Lipinski definition) is 0. The minimum Gasteiger partial charge on any atom is -0.458 e. The van der Waals surface area contributed by atoms with Crippen molar-refractivity contribution < 1.29 is 33.3 Å². The predicted octanol–water partition coefficient (Wildman–Crippen LogP) is 19.3. The van der Waals surface area contributed by atoms with E-state index in [0.717, 1.165) is 55.2 Å². The molecular formula is C68H108O7. The second-order valence-corrected chi connectivity index (χ2v) is 22.4. The Morgan fingerprint density at radius 1 is 0.307 bits per heavy atom. The van der Waals surface area contributed by atoms with Crippen molar-refractivity contribution in [1.29, 1.82) is 0 Å². The standard InChI is InChI=1S/C68H108O7/c1-4-6-8-10-12-14-16-18-20-22-24-26-28-30-32-34-45-53-62(69)74-65-58(3)64(71-55-59-47-39-36-40-48-59)66(72-56-60-49-41-37-42-50-60)67(73-57-61-51-43-38-44-52-61)68(65)75-63(70)54-46-35-33-31-29-27-25-23-21-19-17-15-13-11-9-7-5-2/h36-44,47-52,58,64-68H,4-35,45-46,53-57H2,1-3H3/t58-,64-,65+,66+,67-,68+/m1/s1. The maximum atomic E-state index is 14.1. The van der Waals surface area contributed by atoms with Crippen LogP contribution in [-0.2, 0) is 53.1 Å². The van der Waals surface area contributed by atoms with Crippen LogP contribution in [0.2, 0.25) is 0 Å². The monoisotopic (exact) mass is 1040 g/mol. The van der Waals surface area contributed by atoms with Gasteiger partial charge in [-0.3, -0.25) is 9.59 Å². The molecule has 7 nitrogen and oxygen atoms in total. The average molecular weight is 1040 g/mol. The maximum absolute atomic E-state index is 14.1. The lowest BCUT2D eigenvalue weighted by molar-refractivity contribution is -0.258. The maximum Gasteiger partial charge on any atom is 0.306 e. The molecule has 0 aromatic heterocycles. The van der Waals surface area contributed by atoms with Crippen molar-refractivity contribution in [2.75, 3.05) is 0 Å². The summed E-state index contributed by atoms with van der Waals surface area (Å²) in [6.45, 7) is 7.55. The van der Waals surface area contributed by atoms with Crippen LogP contribution in [0.3, 0.4) is 0 Å². The van der Waals surface area contributed by atoms with Crippen LogP contribution in [-0.4, -0.2) is 42.5 Å². The van der Waals surface area contributed by atoms with E-state index in [1.807, 2.05) is 85.8 Å². The molecular weight excluding hydrogens is 929 g/mol. The Bertz CT molecular complexity index is 1770. The van der Waals surface area contributed by atoms with E-state index in [1.165, 1.54) is 180 Å². The molecule has 0 saturated heterocycles. The largest absolute Gasteiger partial charge is 0.458 e. The van der Waals surface area contributed by atoms with Crippen LogP contribution < -0.4 is 0 Å². The van der Waals surface area contributed by atoms with Crippen molar-refractivity contribution in [3.63, 3.8) is 0 Å². The molecule has 0 bridgehead atoms. The molecule has 4 rings (SSSR count). The number of carbonyl (C=O) groups is 2. The molecule has 1 saturated carbocycles. The van der Waals surface area contributed by atoms with Gasteiger partial charge in [-0.05, 0) is 29.5 Å². The van der Waals surface area contributed by atoms with Crippen molar-refractivity contribution in [1.82, 2.24) is 0 Å². The van der Waals surface area contributed by atoms with Gasteiger partial charge in [-0.15, -0.1) is 0 Å². The first-order valence-corrected chi connectivity index (χ1v) is 31.4. The van der Waals surface area contributed by atoms with Gasteiger partial charge in [0.05, 0.1) is 25.9 Å². The molecule has 75 heavy (non-hydrogen) atoms. The highest BCUT2D eigenvalue weighted by Crippen LogP contribution is 2.38. The first kappa shape index (κ1) is 64.0. The van der Waals surface area contributed by atoms with E-state index in [-0.39, 0.29) is 24.5 Å². The normalized spacial score (nSPS) is 18.5. The zero-order chi connectivity index (χ0) is 53.1. The molecule has 1 aliphatic carbocycles. The Morgan fingerprint density at radius 3 is 0.840 bits per heavy atom. The first-order chi connectivity index (χ1) is 37.0. The lowest BCUT2D eigenvalue weighted by Gasteiger charge is -2.48. The molecule has 6 atom stereocenters. The summed E-state index contributed by atoms with van der Waals surface area (Å²) >= 11 is 0. The zero-order valence-electron chi connectivity index (χ0n) is 48.1. The summed E-state index contributed by atoms with van der Waals surface area (Å²) in [5.41, 5.74) is 3.03. The van der Waals surface area contributed by atoms with Crippen molar-refractivity contribution in [2.24, 2.45) is 5.92 Å². The molecule has 0 aliphatic heterocycles. The van der Waals surface area contributed by atoms with Gasteiger partial charge in [0, 0.05) is 18.8 Å². The van der Waals surface area contributed by atoms with Gasteiger partial charge in [0.15, 0.2) is 6.10 Å². The first-order valence-electron chi connectivity index (χ1n) is 31.4. The van der Waals surface area contributed by atoms with Crippen LogP contribution in [0.15, 0.2) is 91.0 Å². The minimum atomic E-state index is -0.890. The molecule has 422 valence electrons. The Morgan fingerprint density at radius 2 is 0.547 bits per heavy atom. The van der Waals surface area contributed by atoms with Gasteiger partial charge in [-0.1, -0.05) is 317 Å². The molecule has 0 spiro atoms. The van der Waals surface area contributed by atoms with Crippen LogP contribution >= 0.6 is 0 Å². The highest BCUT2D eigenvalue weighted by molar-refractivity contribution is 5.71. The van der Waals surface area contributed by atoms with E-state index >= 15 is 0 Å². The highest BCUT2D eigenvalue weighted by Gasteiger charge is 2.55. The fraction of sp³-hybridized carbons (Fsp3) is 0.706. The Balaban J connectivity index is 1.34. The van der Waals surface area contributed by atoms with E-state index in [0.29, 0.717) is 26.1 Å². The zero-order valence-corrected chi connectivity index (χ0v) is 48.1. The van der Waals surface area contributed by atoms with Gasteiger partial charge in [-0.2, -0.15) is 0 Å². The summed E-state index contributed by atoms with van der Waals surface area (Å²) in [6.07, 6.45) is 40.6. The number of benzene rings is 3. The second-order valence-electron chi connectivity index (χ2n) is 22.4. The van der Waals surface area contributed by atoms with Gasteiger partial charge in [0.25, 0.3) is 0 Å². The number of hydrogen-bond acceptors (Lipinski definition) is 7. The van der Waals surface area contributed by atoms with Crippen LogP contribution in [0.4, 0.5) is 0 Å². The minimum absolute atomic E-state index is 0.268. The van der Waals surface area contributed by atoms with E-state index in [4.69, 9.17) is 23.7 Å². The highest BCUT2D eigenvalue weighted by atomic mass is 16.6. The fourth-order valence-corrected chi connectivity index (χ4v) is 11.0. The average Bonchev–Trinajstić information content (AvgIpc) is 3.43. The number of carbonyl (C=O) groups excluding carboxylic acids is 2. The number of rotatable bonds is 47. The molecule has 0 heterocycles. The summed E-state index contributed by atoms with van der Waals surface area (Å²) in [5, 5.41) is 0. The van der Waals surface area contributed by atoms with E-state index in [2.05, 4.69) is 26.0 Å². The molecule has 0 amide bonds. The van der Waals surface area contributed by atoms with Crippen LogP contribution in [0.25, 0.3) is 0 Å². The van der Waals surface area contributed by atoms with Gasteiger partial charge < -0.3 is 23.7 Å². The molecule has 1 aliphatic rings. The Labute approximate surface area is 459 Å². The lowest BCUT2D eigenvalue weighted by Crippen LogP contribution is -2.64. The van der Waals surface area contributed by atoms with Crippen molar-refractivity contribution in [2.45, 2.75) is 302 Å². The fourth-order valence-electron chi connectivity index (χ4n) is 11.0. The van der Waals surface area contributed by atoms with Crippen molar-refractivity contribution in [3.05, 3.63) is 108 Å². The van der Waals surface area contributed by atoms with E-state index in [9.17, 15) is 9.59 Å². The predicted molar refractivity (Wildman–Crippen MR) is 312 cm³/mol. The van der Waals surface area contributed by atoms with Gasteiger partial charge in [-0.25, -0.2) is 0 Å². The third-order valence-corrected chi connectivity index (χ3v) is 15.7. The summed E-state index contributed by atoms with van der Waals surface area (Å²) in [4.78, 5) is 28.0. The third kappa shape index (κ3) is 29.7. The summed E-state index contributed by atoms with van der Waals surface area (Å²) in [6, 6.07) is 30.3. The molecule has 0 radical (unpaired) electrons. The van der Waals surface area contributed by atoms with Crippen molar-refractivity contribution >= 4 is 11.9 Å². The smallest absolute Gasteiger partial charge is 0.306 e. The lowest BCUT2D eigenvalue weighted by atomic mass is 9.78. The Hall–Kier alpha value is -3.52. The number of ether oxygens (including phenoxy) is 5. The molecule has 0 N–H and O–H groups in total. The van der Waals surface area contributed by atoms with E-state index < -0.39 is 30.5 Å². The number of unbranched alkanes of at least 4 members (excludes halogenated alkanes) is 32. The summed E-state index contributed by atoms with van der Waals surface area (Å²) < 4.78 is 33.7. The molecule has 3 aromatic rings. The van der Waals surface area contributed by atoms with Gasteiger partial charge >= 0.3 is 11.9 Å². The molecule has 7 heteroatoms. The molecule has 3 aromatic carbocycles. The topological polar surface area (TPSA) is 80.3 Å². The molecule has 0 unspecified atom stereocenters. The SMILES string of the molecule is CCCCCCCCCCCCCCCCCCCC(=O)O[C@@H]1[C@H](OCc2ccccc2)[C@@H](OCc2ccccc2)[C@H](OCc2ccccc2)[C@@H](C)[C@@H]1OC(=O)CCCCCCCCCCCCCCCCCCC. The van der Waals surface area contributed by atoms with Crippen LogP contribution in [0, 0.1) is 5.92 Å². The van der Waals surface area contributed by atoms with Crippen molar-refractivity contribution in [3.8, 4) is 0 Å². The third-order valence-electron chi connectivity index (χ3n) is 15.7. The molecule has 1 fully saturated rings. The quantitative estimate of drug-likeness (QED) is 0.0412.